The molecule has 0 aliphatic rings. The molecule has 0 amide bonds. The summed E-state index contributed by atoms with van der Waals surface area (Å²) in [6, 6.07) is 3.75. The van der Waals surface area contributed by atoms with Gasteiger partial charge in [0.15, 0.2) is 11.4 Å². The molecule has 1 aromatic rings. The molecule has 0 N–H and O–H groups in total. The van der Waals surface area contributed by atoms with Crippen LogP contribution >= 0.6 is 0 Å². The molecule has 54 valence electrons. The first-order chi connectivity index (χ1) is 4.61. The minimum absolute atomic E-state index is 0.762. The Morgan fingerprint density at radius 1 is 1.10 bits per heavy atom. The Hall–Kier alpha value is -1.05. The standard InChI is InChI=1S/C8H11NO/c1-6-4-7(2)9(10)8(3)5-6/h4-5H,1-3H3. The zero-order valence-electron chi connectivity index (χ0n) is 6.51. The molecular formula is C8H11NO. The fourth-order valence-corrected chi connectivity index (χ4v) is 1.10. The number of hydrogen-bond donors (Lipinski definition) is 0. The SMILES string of the molecule is Cc1cc(C)[n+]([O-])c(C)c1. The summed E-state index contributed by atoms with van der Waals surface area (Å²) >= 11 is 0. The van der Waals surface area contributed by atoms with Crippen molar-refractivity contribution in [2.24, 2.45) is 0 Å². The second-order valence-corrected chi connectivity index (χ2v) is 2.61. The molecule has 1 aromatic heterocycles. The van der Waals surface area contributed by atoms with Crippen LogP contribution in [0.25, 0.3) is 0 Å². The van der Waals surface area contributed by atoms with Crippen molar-refractivity contribution >= 4 is 0 Å². The van der Waals surface area contributed by atoms with Crippen molar-refractivity contribution < 1.29 is 4.73 Å². The molecule has 0 radical (unpaired) electrons. The summed E-state index contributed by atoms with van der Waals surface area (Å²) in [5.41, 5.74) is 2.66. The zero-order valence-corrected chi connectivity index (χ0v) is 6.51. The molecule has 0 aliphatic heterocycles. The summed E-state index contributed by atoms with van der Waals surface area (Å²) in [4.78, 5) is 0. The van der Waals surface area contributed by atoms with Crippen molar-refractivity contribution in [1.82, 2.24) is 0 Å². The van der Waals surface area contributed by atoms with Crippen LogP contribution in [0.5, 0.6) is 0 Å². The summed E-state index contributed by atoms with van der Waals surface area (Å²) in [5.74, 6) is 0. The Kier molecular flexibility index (Phi) is 1.62. The fraction of sp³-hybridized carbons (Fsp3) is 0.375. The van der Waals surface area contributed by atoms with Crippen LogP contribution in [0.4, 0.5) is 0 Å². The van der Waals surface area contributed by atoms with Crippen LogP contribution in [0.3, 0.4) is 0 Å². The summed E-state index contributed by atoms with van der Waals surface area (Å²) in [7, 11) is 0. The summed E-state index contributed by atoms with van der Waals surface area (Å²) in [6.07, 6.45) is 0. The van der Waals surface area contributed by atoms with Crippen LogP contribution in [-0.2, 0) is 0 Å². The van der Waals surface area contributed by atoms with Gasteiger partial charge in [-0.25, -0.2) is 0 Å². The van der Waals surface area contributed by atoms with Gasteiger partial charge in [-0.3, -0.25) is 0 Å². The predicted octanol–water partition coefficient (Wildman–Crippen LogP) is 1.25. The van der Waals surface area contributed by atoms with Gasteiger partial charge in [-0.1, -0.05) is 0 Å². The second kappa shape index (κ2) is 2.29. The highest BCUT2D eigenvalue weighted by Gasteiger charge is 2.02. The topological polar surface area (TPSA) is 26.9 Å². The minimum Gasteiger partial charge on any atom is -0.618 e. The average Bonchev–Trinajstić information content (AvgIpc) is 1.82. The number of hydrogen-bond acceptors (Lipinski definition) is 1. The third-order valence-electron chi connectivity index (χ3n) is 1.51. The molecule has 2 heteroatoms. The first-order valence-electron chi connectivity index (χ1n) is 3.28. The molecule has 0 fully saturated rings. The van der Waals surface area contributed by atoms with Gasteiger partial charge in [-0.2, -0.15) is 4.73 Å². The zero-order chi connectivity index (χ0) is 7.72. The van der Waals surface area contributed by atoms with E-state index in [1.54, 1.807) is 0 Å². The van der Waals surface area contributed by atoms with E-state index >= 15 is 0 Å². The first-order valence-corrected chi connectivity index (χ1v) is 3.28. The summed E-state index contributed by atoms with van der Waals surface area (Å²) in [6.45, 7) is 5.61. The number of aromatic nitrogens is 1. The number of rotatable bonds is 0. The first kappa shape index (κ1) is 7.06. The maximum atomic E-state index is 11.0. The molecule has 0 unspecified atom stereocenters. The van der Waals surface area contributed by atoms with E-state index in [2.05, 4.69) is 0 Å². The van der Waals surface area contributed by atoms with E-state index in [0.717, 1.165) is 21.7 Å². The predicted molar refractivity (Wildman–Crippen MR) is 39.6 cm³/mol. The lowest BCUT2D eigenvalue weighted by molar-refractivity contribution is -0.619. The maximum Gasteiger partial charge on any atom is 0.190 e. The van der Waals surface area contributed by atoms with Gasteiger partial charge < -0.3 is 5.21 Å². The van der Waals surface area contributed by atoms with E-state index in [-0.39, 0.29) is 0 Å². The molecular weight excluding hydrogens is 126 g/mol. The Bertz CT molecular complexity index is 232. The molecule has 0 atom stereocenters. The van der Waals surface area contributed by atoms with Crippen LogP contribution in [0.2, 0.25) is 0 Å². The summed E-state index contributed by atoms with van der Waals surface area (Å²) in [5, 5.41) is 11.0. The Morgan fingerprint density at radius 2 is 1.50 bits per heavy atom. The Balaban J connectivity index is 3.31. The van der Waals surface area contributed by atoms with Crippen molar-refractivity contribution in [2.45, 2.75) is 20.8 Å². The largest absolute Gasteiger partial charge is 0.618 e. The molecule has 0 saturated carbocycles. The molecule has 0 bridgehead atoms. The molecule has 0 spiro atoms. The van der Waals surface area contributed by atoms with E-state index < -0.39 is 0 Å². The Labute approximate surface area is 60.7 Å². The van der Waals surface area contributed by atoms with Crippen LogP contribution in [0.1, 0.15) is 17.0 Å². The number of nitrogens with zero attached hydrogens (tertiary/aromatic N) is 1. The molecule has 1 rings (SSSR count). The lowest BCUT2D eigenvalue weighted by Crippen LogP contribution is -2.33. The van der Waals surface area contributed by atoms with Gasteiger partial charge in [0.1, 0.15) is 0 Å². The highest BCUT2D eigenvalue weighted by atomic mass is 16.5. The van der Waals surface area contributed by atoms with E-state index in [1.165, 1.54) is 0 Å². The van der Waals surface area contributed by atoms with Crippen LogP contribution in [0.15, 0.2) is 12.1 Å². The van der Waals surface area contributed by atoms with E-state index in [4.69, 9.17) is 0 Å². The minimum atomic E-state index is 0.762. The smallest absolute Gasteiger partial charge is 0.190 e. The van der Waals surface area contributed by atoms with Gasteiger partial charge in [-0.05, 0) is 12.5 Å². The Morgan fingerprint density at radius 3 is 1.90 bits per heavy atom. The van der Waals surface area contributed by atoms with Gasteiger partial charge in [-0.15, -0.1) is 0 Å². The van der Waals surface area contributed by atoms with Gasteiger partial charge in [0.05, 0.1) is 0 Å². The van der Waals surface area contributed by atoms with E-state index in [9.17, 15) is 5.21 Å². The number of pyridine rings is 1. The number of aryl methyl sites for hydroxylation is 3. The molecule has 1 heterocycles. The monoisotopic (exact) mass is 137 g/mol. The lowest BCUT2D eigenvalue weighted by atomic mass is 10.2. The van der Waals surface area contributed by atoms with E-state index in [1.807, 2.05) is 32.9 Å². The van der Waals surface area contributed by atoms with Crippen LogP contribution in [-0.4, -0.2) is 0 Å². The third kappa shape index (κ3) is 1.10. The van der Waals surface area contributed by atoms with Gasteiger partial charge >= 0.3 is 0 Å². The van der Waals surface area contributed by atoms with Gasteiger partial charge in [0.2, 0.25) is 0 Å². The van der Waals surface area contributed by atoms with Crippen molar-refractivity contribution in [2.75, 3.05) is 0 Å². The lowest BCUT2D eigenvalue weighted by Gasteiger charge is -2.03. The van der Waals surface area contributed by atoms with Crippen LogP contribution in [0, 0.1) is 26.0 Å². The highest BCUT2D eigenvalue weighted by Crippen LogP contribution is 1.99. The van der Waals surface area contributed by atoms with Crippen molar-refractivity contribution in [3.63, 3.8) is 0 Å². The van der Waals surface area contributed by atoms with E-state index in [0.29, 0.717) is 0 Å². The quantitative estimate of drug-likeness (QED) is 0.390. The molecule has 2 nitrogen and oxygen atoms in total. The van der Waals surface area contributed by atoms with Gasteiger partial charge in [0.25, 0.3) is 0 Å². The normalized spacial score (nSPS) is 9.90. The van der Waals surface area contributed by atoms with Crippen LogP contribution < -0.4 is 4.73 Å². The van der Waals surface area contributed by atoms with Gasteiger partial charge in [0, 0.05) is 26.0 Å². The summed E-state index contributed by atoms with van der Waals surface area (Å²) < 4.78 is 0.938. The third-order valence-corrected chi connectivity index (χ3v) is 1.51. The fourth-order valence-electron chi connectivity index (χ4n) is 1.10. The van der Waals surface area contributed by atoms with Crippen molar-refractivity contribution in [3.8, 4) is 0 Å². The van der Waals surface area contributed by atoms with Crippen molar-refractivity contribution in [1.29, 1.82) is 0 Å². The van der Waals surface area contributed by atoms with Crippen molar-refractivity contribution in [3.05, 3.63) is 34.3 Å². The highest BCUT2D eigenvalue weighted by molar-refractivity contribution is 5.13. The molecule has 10 heavy (non-hydrogen) atoms. The molecule has 0 saturated heterocycles. The second-order valence-electron chi connectivity index (χ2n) is 2.61. The molecule has 0 aliphatic carbocycles. The average molecular weight is 137 g/mol. The maximum absolute atomic E-state index is 11.0. The molecule has 0 aromatic carbocycles.